The highest BCUT2D eigenvalue weighted by atomic mass is 32.2. The van der Waals surface area contributed by atoms with Crippen LogP contribution in [0.5, 0.6) is 0 Å². The third-order valence-electron chi connectivity index (χ3n) is 6.51. The van der Waals surface area contributed by atoms with E-state index in [2.05, 4.69) is 21.4 Å². The summed E-state index contributed by atoms with van der Waals surface area (Å²) in [6.07, 6.45) is 7.47. The Morgan fingerprint density at radius 1 is 1.26 bits per heavy atom. The number of pyridine rings is 1. The second kappa shape index (κ2) is 8.57. The Balaban J connectivity index is 1.40. The van der Waals surface area contributed by atoms with Gasteiger partial charge in [-0.3, -0.25) is 9.69 Å². The van der Waals surface area contributed by atoms with Crippen molar-refractivity contribution in [2.24, 2.45) is 0 Å². The third kappa shape index (κ3) is 4.18. The Kier molecular flexibility index (Phi) is 6.01. The number of aromatic amines is 1. The minimum atomic E-state index is -3.66. The molecule has 31 heavy (non-hydrogen) atoms. The summed E-state index contributed by atoms with van der Waals surface area (Å²) in [5.74, 6) is -0.164. The average molecular weight is 445 g/mol. The van der Waals surface area contributed by atoms with Crippen LogP contribution >= 0.6 is 0 Å². The van der Waals surface area contributed by atoms with Crippen molar-refractivity contribution in [1.82, 2.24) is 24.5 Å². The maximum atomic E-state index is 13.2. The first-order valence-corrected chi connectivity index (χ1v) is 12.2. The molecule has 0 bridgehead atoms. The lowest BCUT2D eigenvalue weighted by Gasteiger charge is -2.38. The largest absolute Gasteiger partial charge is 0.345 e. The molecule has 1 aliphatic carbocycles. The van der Waals surface area contributed by atoms with Crippen molar-refractivity contribution in [3.63, 3.8) is 0 Å². The molecule has 0 spiro atoms. The predicted molar refractivity (Wildman–Crippen MR) is 115 cm³/mol. The standard InChI is InChI=1S/C21H28N6O3S/c1-16(20(28)25-21(15-22)7-3-2-4-8-21)26-10-12-27(13-11-26)31(29,30)18-14-24-19-17(18)6-5-9-23-19/h5-6,9,14,16H,2-4,7-8,10-13H2,1H3,(H,23,24)(H,25,28). The number of piperazine rings is 1. The summed E-state index contributed by atoms with van der Waals surface area (Å²) in [5.41, 5.74) is -0.225. The van der Waals surface area contributed by atoms with Crippen molar-refractivity contribution in [2.45, 2.75) is 55.5 Å². The zero-order valence-electron chi connectivity index (χ0n) is 17.7. The quantitative estimate of drug-likeness (QED) is 0.722. The lowest BCUT2D eigenvalue weighted by Crippen LogP contribution is -2.58. The molecule has 1 amide bonds. The summed E-state index contributed by atoms with van der Waals surface area (Å²) < 4.78 is 27.8. The monoisotopic (exact) mass is 444 g/mol. The van der Waals surface area contributed by atoms with Crippen LogP contribution in [-0.2, 0) is 14.8 Å². The fraction of sp³-hybridized carbons (Fsp3) is 0.571. The number of carbonyl (C=O) groups is 1. The van der Waals surface area contributed by atoms with E-state index in [4.69, 9.17) is 0 Å². The van der Waals surface area contributed by atoms with Crippen LogP contribution < -0.4 is 5.32 Å². The van der Waals surface area contributed by atoms with E-state index in [1.165, 1.54) is 10.5 Å². The molecule has 2 aliphatic rings. The Hall–Kier alpha value is -2.48. The number of nitriles is 1. The average Bonchev–Trinajstić information content (AvgIpc) is 3.24. The van der Waals surface area contributed by atoms with Crippen LogP contribution in [0.15, 0.2) is 29.4 Å². The number of nitrogens with zero attached hydrogens (tertiary/aromatic N) is 4. The van der Waals surface area contributed by atoms with Gasteiger partial charge in [0.15, 0.2) is 0 Å². The maximum Gasteiger partial charge on any atom is 0.245 e. The molecule has 166 valence electrons. The lowest BCUT2D eigenvalue weighted by atomic mass is 9.82. The van der Waals surface area contributed by atoms with Gasteiger partial charge in [0.2, 0.25) is 15.9 Å². The SMILES string of the molecule is CC(C(=O)NC1(C#N)CCCCC1)N1CCN(S(=O)(=O)c2c[nH]c3ncccc23)CC1. The first kappa shape index (κ1) is 21.7. The van der Waals surface area contributed by atoms with Gasteiger partial charge < -0.3 is 10.3 Å². The van der Waals surface area contributed by atoms with Crippen LogP contribution in [0.3, 0.4) is 0 Å². The molecule has 2 N–H and O–H groups in total. The number of aromatic nitrogens is 2. The van der Waals surface area contributed by atoms with Crippen molar-refractivity contribution in [2.75, 3.05) is 26.2 Å². The van der Waals surface area contributed by atoms with Crippen molar-refractivity contribution < 1.29 is 13.2 Å². The topological polar surface area (TPSA) is 122 Å². The summed E-state index contributed by atoms with van der Waals surface area (Å²) in [6, 6.07) is 5.35. The van der Waals surface area contributed by atoms with Crippen LogP contribution in [0.2, 0.25) is 0 Å². The van der Waals surface area contributed by atoms with Crippen LogP contribution in [0.4, 0.5) is 0 Å². The van der Waals surface area contributed by atoms with Crippen LogP contribution in [0, 0.1) is 11.3 Å². The van der Waals surface area contributed by atoms with E-state index in [0.717, 1.165) is 19.3 Å². The number of fused-ring (bicyclic) bond motifs is 1. The van der Waals surface area contributed by atoms with Crippen molar-refractivity contribution in [3.8, 4) is 6.07 Å². The van der Waals surface area contributed by atoms with Gasteiger partial charge in [-0.15, -0.1) is 0 Å². The zero-order valence-corrected chi connectivity index (χ0v) is 18.5. The van der Waals surface area contributed by atoms with Gasteiger partial charge in [0.25, 0.3) is 0 Å². The van der Waals surface area contributed by atoms with Gasteiger partial charge in [-0.05, 0) is 31.9 Å². The third-order valence-corrected chi connectivity index (χ3v) is 8.45. The number of sulfonamides is 1. The number of hydrogen-bond acceptors (Lipinski definition) is 6. The minimum absolute atomic E-state index is 0.164. The number of nitrogens with one attached hydrogen (secondary N) is 2. The van der Waals surface area contributed by atoms with Gasteiger partial charge in [0, 0.05) is 44.0 Å². The highest BCUT2D eigenvalue weighted by Crippen LogP contribution is 2.28. The van der Waals surface area contributed by atoms with E-state index in [0.29, 0.717) is 50.1 Å². The minimum Gasteiger partial charge on any atom is -0.345 e. The van der Waals surface area contributed by atoms with Crippen LogP contribution in [0.1, 0.15) is 39.0 Å². The summed E-state index contributed by atoms with van der Waals surface area (Å²) >= 11 is 0. The summed E-state index contributed by atoms with van der Waals surface area (Å²) in [7, 11) is -3.66. The number of hydrogen-bond donors (Lipinski definition) is 2. The molecule has 4 rings (SSSR count). The van der Waals surface area contributed by atoms with Gasteiger partial charge in [-0.25, -0.2) is 13.4 Å². The Bertz CT molecular complexity index is 1090. The molecule has 2 aromatic heterocycles. The fourth-order valence-electron chi connectivity index (χ4n) is 4.54. The normalized spacial score (nSPS) is 21.4. The first-order chi connectivity index (χ1) is 14.9. The second-order valence-electron chi connectivity index (χ2n) is 8.41. The highest BCUT2D eigenvalue weighted by Gasteiger charge is 2.37. The molecule has 2 fully saturated rings. The van der Waals surface area contributed by atoms with E-state index < -0.39 is 21.6 Å². The van der Waals surface area contributed by atoms with Gasteiger partial charge in [-0.2, -0.15) is 9.57 Å². The molecule has 0 radical (unpaired) electrons. The van der Waals surface area contributed by atoms with E-state index in [1.807, 2.05) is 11.8 Å². The Labute approximate surface area is 182 Å². The molecular weight excluding hydrogens is 416 g/mol. The molecule has 10 heteroatoms. The van der Waals surface area contributed by atoms with Crippen molar-refractivity contribution in [1.29, 1.82) is 5.26 Å². The van der Waals surface area contributed by atoms with Crippen LogP contribution in [-0.4, -0.2) is 71.3 Å². The van der Waals surface area contributed by atoms with Gasteiger partial charge in [0.1, 0.15) is 16.1 Å². The number of amides is 1. The molecular formula is C21H28N6O3S. The summed E-state index contributed by atoms with van der Waals surface area (Å²) in [5, 5.41) is 13.2. The molecule has 1 unspecified atom stereocenters. The van der Waals surface area contributed by atoms with E-state index in [1.54, 1.807) is 18.3 Å². The lowest BCUT2D eigenvalue weighted by molar-refractivity contribution is -0.128. The predicted octanol–water partition coefficient (Wildman–Crippen LogP) is 1.60. The number of carbonyl (C=O) groups excluding carboxylic acids is 1. The van der Waals surface area contributed by atoms with Gasteiger partial charge in [-0.1, -0.05) is 19.3 Å². The van der Waals surface area contributed by atoms with E-state index in [-0.39, 0.29) is 10.8 Å². The molecule has 1 saturated heterocycles. The molecule has 2 aromatic rings. The molecule has 3 heterocycles. The smallest absolute Gasteiger partial charge is 0.245 e. The van der Waals surface area contributed by atoms with Crippen molar-refractivity contribution in [3.05, 3.63) is 24.5 Å². The van der Waals surface area contributed by atoms with Crippen molar-refractivity contribution >= 4 is 27.0 Å². The van der Waals surface area contributed by atoms with Gasteiger partial charge in [0.05, 0.1) is 12.1 Å². The molecule has 1 aliphatic heterocycles. The zero-order chi connectivity index (χ0) is 22.1. The summed E-state index contributed by atoms with van der Waals surface area (Å²) in [4.78, 5) is 22.1. The number of H-pyrrole nitrogens is 1. The molecule has 9 nitrogen and oxygen atoms in total. The van der Waals surface area contributed by atoms with E-state index in [9.17, 15) is 18.5 Å². The highest BCUT2D eigenvalue weighted by molar-refractivity contribution is 7.89. The summed E-state index contributed by atoms with van der Waals surface area (Å²) in [6.45, 7) is 3.33. The van der Waals surface area contributed by atoms with Crippen LogP contribution in [0.25, 0.3) is 11.0 Å². The fourth-order valence-corrected chi connectivity index (χ4v) is 6.11. The Morgan fingerprint density at radius 3 is 2.65 bits per heavy atom. The van der Waals surface area contributed by atoms with E-state index >= 15 is 0 Å². The Morgan fingerprint density at radius 2 is 1.97 bits per heavy atom. The molecule has 0 aromatic carbocycles. The molecule has 1 saturated carbocycles. The molecule has 1 atom stereocenters. The van der Waals surface area contributed by atoms with Gasteiger partial charge >= 0.3 is 0 Å². The number of rotatable bonds is 5. The maximum absolute atomic E-state index is 13.2. The second-order valence-corrected chi connectivity index (χ2v) is 10.3. The first-order valence-electron chi connectivity index (χ1n) is 10.8.